The van der Waals surface area contributed by atoms with E-state index in [4.69, 9.17) is 4.74 Å². The number of rotatable bonds is 21. The molecular weight excluding hydrogens is 336 g/mol. The van der Waals surface area contributed by atoms with Crippen molar-refractivity contribution in [2.75, 3.05) is 40.3 Å². The number of carbonyl (C=O) groups excluding carboxylic acids is 1. The number of hydrogen-bond acceptors (Lipinski definition) is 4. The van der Waals surface area contributed by atoms with Crippen LogP contribution in [0.4, 0.5) is 0 Å². The van der Waals surface area contributed by atoms with Crippen molar-refractivity contribution in [3.63, 3.8) is 0 Å². The second kappa shape index (κ2) is 21.7. The zero-order valence-corrected chi connectivity index (χ0v) is 18.7. The third kappa shape index (κ3) is 23.4. The van der Waals surface area contributed by atoms with Gasteiger partial charge in [0.2, 0.25) is 0 Å². The van der Waals surface area contributed by atoms with Crippen LogP contribution in [0.3, 0.4) is 0 Å². The summed E-state index contributed by atoms with van der Waals surface area (Å²) in [6.45, 7) is 5.64. The molecule has 0 saturated heterocycles. The number of nitrogens with one attached hydrogen (secondary N) is 1. The van der Waals surface area contributed by atoms with Gasteiger partial charge in [-0.15, -0.1) is 0 Å². The monoisotopic (exact) mass is 384 g/mol. The van der Waals surface area contributed by atoms with E-state index in [-0.39, 0.29) is 5.97 Å². The Morgan fingerprint density at radius 1 is 0.741 bits per heavy atom. The summed E-state index contributed by atoms with van der Waals surface area (Å²) in [5.74, 6) is -0.0611. The van der Waals surface area contributed by atoms with Crippen molar-refractivity contribution in [3.8, 4) is 0 Å². The molecule has 162 valence electrons. The molecule has 0 aliphatic carbocycles. The van der Waals surface area contributed by atoms with Crippen molar-refractivity contribution in [1.82, 2.24) is 10.2 Å². The Labute approximate surface area is 169 Å². The van der Waals surface area contributed by atoms with Crippen molar-refractivity contribution in [3.05, 3.63) is 0 Å². The predicted octanol–water partition coefficient (Wildman–Crippen LogP) is 5.55. The summed E-state index contributed by atoms with van der Waals surface area (Å²) in [7, 11) is 4.15. The van der Waals surface area contributed by atoms with Gasteiger partial charge in [0, 0.05) is 6.54 Å². The Kier molecular flexibility index (Phi) is 21.2. The molecule has 0 spiro atoms. The van der Waals surface area contributed by atoms with Crippen LogP contribution in [0.2, 0.25) is 0 Å². The first-order valence-corrected chi connectivity index (χ1v) is 11.7. The van der Waals surface area contributed by atoms with E-state index in [1.54, 1.807) is 0 Å². The van der Waals surface area contributed by atoms with Crippen LogP contribution in [0.25, 0.3) is 0 Å². The summed E-state index contributed by atoms with van der Waals surface area (Å²) < 4.78 is 5.30. The molecule has 27 heavy (non-hydrogen) atoms. The summed E-state index contributed by atoms with van der Waals surface area (Å²) in [4.78, 5) is 13.8. The molecule has 0 aromatic carbocycles. The highest BCUT2D eigenvalue weighted by Crippen LogP contribution is 2.12. The third-order valence-corrected chi connectivity index (χ3v) is 4.98. The van der Waals surface area contributed by atoms with Crippen LogP contribution in [0.5, 0.6) is 0 Å². The van der Waals surface area contributed by atoms with E-state index in [2.05, 4.69) is 31.2 Å². The van der Waals surface area contributed by atoms with Crippen LogP contribution in [-0.2, 0) is 9.53 Å². The minimum atomic E-state index is -0.0611. The van der Waals surface area contributed by atoms with Gasteiger partial charge in [0.05, 0.1) is 13.0 Å². The van der Waals surface area contributed by atoms with Crippen molar-refractivity contribution in [1.29, 1.82) is 0 Å². The van der Waals surface area contributed by atoms with Crippen LogP contribution in [0.15, 0.2) is 0 Å². The van der Waals surface area contributed by atoms with Crippen LogP contribution in [0, 0.1) is 0 Å². The number of nitrogens with zero attached hydrogens (tertiary/aromatic N) is 1. The minimum Gasteiger partial charge on any atom is -0.466 e. The normalized spacial score (nSPS) is 11.3. The van der Waals surface area contributed by atoms with E-state index in [9.17, 15) is 4.79 Å². The van der Waals surface area contributed by atoms with E-state index in [0.717, 1.165) is 32.5 Å². The van der Waals surface area contributed by atoms with Crippen LogP contribution in [0.1, 0.15) is 103 Å². The molecule has 0 rings (SSSR count). The first-order chi connectivity index (χ1) is 13.2. The largest absolute Gasteiger partial charge is 0.466 e. The second-order valence-electron chi connectivity index (χ2n) is 8.12. The quantitative estimate of drug-likeness (QED) is 0.208. The molecule has 0 aromatic heterocycles. The lowest BCUT2D eigenvalue weighted by Crippen LogP contribution is -2.24. The number of unbranched alkanes of at least 4 members (excludes halogenated alkanes) is 12. The molecule has 4 heteroatoms. The first-order valence-electron chi connectivity index (χ1n) is 11.7. The fraction of sp³-hybridized carbons (Fsp3) is 0.957. The highest BCUT2D eigenvalue weighted by Gasteiger charge is 2.02. The summed E-state index contributed by atoms with van der Waals surface area (Å²) >= 11 is 0. The van der Waals surface area contributed by atoms with Crippen molar-refractivity contribution >= 4 is 5.97 Å². The van der Waals surface area contributed by atoms with Crippen molar-refractivity contribution in [2.24, 2.45) is 0 Å². The Bertz CT molecular complexity index is 309. The Morgan fingerprint density at radius 3 is 1.78 bits per heavy atom. The maximum absolute atomic E-state index is 11.6. The molecule has 0 unspecified atom stereocenters. The standard InChI is InChI=1S/C23H48N2O2/c1-4-5-6-7-8-9-10-11-12-13-14-15-16-22-27-23(26)18-20-24-19-17-21-25(2)3/h24H,4-22H2,1-3H3. The lowest BCUT2D eigenvalue weighted by atomic mass is 10.0. The molecule has 0 radical (unpaired) electrons. The molecule has 0 heterocycles. The highest BCUT2D eigenvalue weighted by atomic mass is 16.5. The Balaban J connectivity index is 3.14. The SMILES string of the molecule is CCCCCCCCCCCCCCCOC(=O)CCNCCCN(C)C. The Morgan fingerprint density at radius 2 is 1.26 bits per heavy atom. The average molecular weight is 385 g/mol. The van der Waals surface area contributed by atoms with E-state index in [1.165, 1.54) is 77.0 Å². The molecule has 4 nitrogen and oxygen atoms in total. The van der Waals surface area contributed by atoms with Crippen molar-refractivity contribution < 1.29 is 9.53 Å². The summed E-state index contributed by atoms with van der Waals surface area (Å²) in [5.41, 5.74) is 0. The molecule has 0 fully saturated rings. The molecular formula is C23H48N2O2. The molecule has 0 atom stereocenters. The van der Waals surface area contributed by atoms with Gasteiger partial charge in [-0.2, -0.15) is 0 Å². The van der Waals surface area contributed by atoms with Gasteiger partial charge >= 0.3 is 5.97 Å². The topological polar surface area (TPSA) is 41.6 Å². The van der Waals surface area contributed by atoms with Gasteiger partial charge in [-0.25, -0.2) is 0 Å². The summed E-state index contributed by atoms with van der Waals surface area (Å²) in [6.07, 6.45) is 19.0. The van der Waals surface area contributed by atoms with E-state index >= 15 is 0 Å². The van der Waals surface area contributed by atoms with E-state index < -0.39 is 0 Å². The first kappa shape index (κ1) is 26.4. The van der Waals surface area contributed by atoms with Gasteiger partial charge in [-0.1, -0.05) is 84.0 Å². The van der Waals surface area contributed by atoms with Crippen molar-refractivity contribution in [2.45, 2.75) is 103 Å². The minimum absolute atomic E-state index is 0.0611. The van der Waals surface area contributed by atoms with E-state index in [0.29, 0.717) is 13.0 Å². The Hall–Kier alpha value is -0.610. The van der Waals surface area contributed by atoms with Gasteiger partial charge in [-0.3, -0.25) is 4.79 Å². The van der Waals surface area contributed by atoms with Crippen LogP contribution >= 0.6 is 0 Å². The molecule has 0 bridgehead atoms. The maximum atomic E-state index is 11.6. The van der Waals surface area contributed by atoms with Gasteiger partial charge in [-0.05, 0) is 40.0 Å². The zero-order valence-electron chi connectivity index (χ0n) is 18.7. The highest BCUT2D eigenvalue weighted by molar-refractivity contribution is 5.69. The smallest absolute Gasteiger partial charge is 0.307 e. The van der Waals surface area contributed by atoms with E-state index in [1.807, 2.05) is 0 Å². The molecule has 0 aliphatic heterocycles. The molecule has 0 saturated carbocycles. The van der Waals surface area contributed by atoms with Gasteiger partial charge in [0.25, 0.3) is 0 Å². The molecule has 1 N–H and O–H groups in total. The molecule has 0 aliphatic rings. The number of esters is 1. The predicted molar refractivity (Wildman–Crippen MR) is 117 cm³/mol. The van der Waals surface area contributed by atoms with Gasteiger partial charge < -0.3 is 15.0 Å². The third-order valence-electron chi connectivity index (χ3n) is 4.98. The number of ether oxygens (including phenoxy) is 1. The summed E-state index contributed by atoms with van der Waals surface area (Å²) in [6, 6.07) is 0. The zero-order chi connectivity index (χ0) is 20.0. The van der Waals surface area contributed by atoms with Gasteiger partial charge in [0.15, 0.2) is 0 Å². The number of carbonyl (C=O) groups is 1. The number of hydrogen-bond donors (Lipinski definition) is 1. The van der Waals surface area contributed by atoms with Gasteiger partial charge in [0.1, 0.15) is 0 Å². The molecule has 0 amide bonds. The lowest BCUT2D eigenvalue weighted by Gasteiger charge is -2.09. The maximum Gasteiger partial charge on any atom is 0.307 e. The fourth-order valence-electron chi connectivity index (χ4n) is 3.21. The fourth-order valence-corrected chi connectivity index (χ4v) is 3.21. The second-order valence-corrected chi connectivity index (χ2v) is 8.12. The van der Waals surface area contributed by atoms with Crippen LogP contribution < -0.4 is 5.32 Å². The lowest BCUT2D eigenvalue weighted by molar-refractivity contribution is -0.143. The summed E-state index contributed by atoms with van der Waals surface area (Å²) in [5, 5.41) is 3.30. The average Bonchev–Trinajstić information content (AvgIpc) is 2.64. The van der Waals surface area contributed by atoms with Crippen LogP contribution in [-0.4, -0.2) is 51.2 Å². The molecule has 0 aromatic rings.